The zero-order chi connectivity index (χ0) is 11.4. The Hall–Kier alpha value is -0.830. The van der Waals surface area contributed by atoms with Crippen LogP contribution in [0.4, 0.5) is 5.82 Å². The Kier molecular flexibility index (Phi) is 3.99. The van der Waals surface area contributed by atoms with E-state index in [4.69, 9.17) is 11.6 Å². The second kappa shape index (κ2) is 5.48. The van der Waals surface area contributed by atoms with Crippen LogP contribution in [0.15, 0.2) is 12.4 Å². The van der Waals surface area contributed by atoms with E-state index in [9.17, 15) is 0 Å². The molecule has 88 valence electrons. The van der Waals surface area contributed by atoms with Gasteiger partial charge in [0, 0.05) is 19.2 Å². The summed E-state index contributed by atoms with van der Waals surface area (Å²) in [7, 11) is 0. The molecule has 4 heteroatoms. The molecule has 0 aromatic carbocycles. The third-order valence-corrected chi connectivity index (χ3v) is 3.46. The number of aromatic nitrogens is 2. The van der Waals surface area contributed by atoms with Gasteiger partial charge in [0.25, 0.3) is 0 Å². The average molecular weight is 240 g/mol. The number of anilines is 1. The van der Waals surface area contributed by atoms with Crippen molar-refractivity contribution in [3.63, 3.8) is 0 Å². The molecular weight excluding hydrogens is 222 g/mol. The largest absolute Gasteiger partial charge is 0.356 e. The molecule has 0 unspecified atom stereocenters. The van der Waals surface area contributed by atoms with Crippen molar-refractivity contribution >= 4 is 17.4 Å². The highest BCUT2D eigenvalue weighted by Gasteiger charge is 2.19. The van der Waals surface area contributed by atoms with Gasteiger partial charge in [0.05, 0.1) is 0 Å². The van der Waals surface area contributed by atoms with Crippen LogP contribution < -0.4 is 4.90 Å². The number of halogens is 1. The molecule has 0 N–H and O–H groups in total. The molecule has 1 aliphatic rings. The van der Waals surface area contributed by atoms with Crippen LogP contribution in [0.5, 0.6) is 0 Å². The van der Waals surface area contributed by atoms with Crippen LogP contribution in [0.2, 0.25) is 5.15 Å². The summed E-state index contributed by atoms with van der Waals surface area (Å²) < 4.78 is 0. The van der Waals surface area contributed by atoms with Crippen LogP contribution in [-0.4, -0.2) is 23.1 Å². The van der Waals surface area contributed by atoms with E-state index in [1.165, 1.54) is 32.0 Å². The lowest BCUT2D eigenvalue weighted by molar-refractivity contribution is 0.377. The van der Waals surface area contributed by atoms with Crippen molar-refractivity contribution in [2.75, 3.05) is 18.0 Å². The molecule has 16 heavy (non-hydrogen) atoms. The first kappa shape index (κ1) is 11.6. The van der Waals surface area contributed by atoms with E-state index in [1.54, 1.807) is 0 Å². The summed E-state index contributed by atoms with van der Waals surface area (Å²) in [6, 6.07) is 1.85. The predicted octanol–water partition coefficient (Wildman–Crippen LogP) is 3.15. The van der Waals surface area contributed by atoms with Crippen LogP contribution in [0.1, 0.15) is 32.6 Å². The Balaban J connectivity index is 1.94. The highest BCUT2D eigenvalue weighted by Crippen LogP contribution is 2.25. The predicted molar refractivity (Wildman–Crippen MR) is 66.9 cm³/mol. The van der Waals surface area contributed by atoms with E-state index in [1.807, 2.05) is 6.07 Å². The van der Waals surface area contributed by atoms with Gasteiger partial charge in [0.1, 0.15) is 17.3 Å². The third kappa shape index (κ3) is 2.85. The molecule has 1 fully saturated rings. The van der Waals surface area contributed by atoms with Crippen molar-refractivity contribution in [1.82, 2.24) is 9.97 Å². The maximum absolute atomic E-state index is 5.86. The van der Waals surface area contributed by atoms with E-state index in [-0.39, 0.29) is 0 Å². The second-order valence-corrected chi connectivity index (χ2v) is 4.81. The SMILES string of the molecule is CCCC1CCN(c2cc(Cl)ncn2)CC1. The summed E-state index contributed by atoms with van der Waals surface area (Å²) >= 11 is 5.86. The van der Waals surface area contributed by atoms with Crippen molar-refractivity contribution in [1.29, 1.82) is 0 Å². The highest BCUT2D eigenvalue weighted by atomic mass is 35.5. The van der Waals surface area contributed by atoms with Gasteiger partial charge in [-0.25, -0.2) is 9.97 Å². The molecule has 0 aliphatic carbocycles. The smallest absolute Gasteiger partial charge is 0.134 e. The lowest BCUT2D eigenvalue weighted by Crippen LogP contribution is -2.34. The zero-order valence-electron chi connectivity index (χ0n) is 9.69. The van der Waals surface area contributed by atoms with Crippen LogP contribution in [0, 0.1) is 5.92 Å². The first-order chi connectivity index (χ1) is 7.79. The minimum atomic E-state index is 0.528. The van der Waals surface area contributed by atoms with Crippen molar-refractivity contribution in [2.24, 2.45) is 5.92 Å². The first-order valence-corrected chi connectivity index (χ1v) is 6.40. The zero-order valence-corrected chi connectivity index (χ0v) is 10.5. The summed E-state index contributed by atoms with van der Waals surface area (Å²) in [6.07, 6.45) is 6.74. The van der Waals surface area contributed by atoms with E-state index in [0.29, 0.717) is 5.15 Å². The van der Waals surface area contributed by atoms with Gasteiger partial charge in [0.15, 0.2) is 0 Å². The normalized spacial score (nSPS) is 17.8. The number of hydrogen-bond acceptors (Lipinski definition) is 3. The lowest BCUT2D eigenvalue weighted by Gasteiger charge is -2.32. The Morgan fingerprint density at radius 3 is 2.75 bits per heavy atom. The maximum Gasteiger partial charge on any atom is 0.134 e. The van der Waals surface area contributed by atoms with Gasteiger partial charge >= 0.3 is 0 Å². The van der Waals surface area contributed by atoms with Gasteiger partial charge < -0.3 is 4.90 Å². The molecule has 0 atom stereocenters. The fourth-order valence-corrected chi connectivity index (χ4v) is 2.50. The summed E-state index contributed by atoms with van der Waals surface area (Å²) in [5.74, 6) is 1.87. The van der Waals surface area contributed by atoms with Crippen LogP contribution in [0.25, 0.3) is 0 Å². The van der Waals surface area contributed by atoms with Gasteiger partial charge in [0.2, 0.25) is 0 Å². The highest BCUT2D eigenvalue weighted by molar-refractivity contribution is 6.29. The summed E-state index contributed by atoms with van der Waals surface area (Å²) in [6.45, 7) is 4.45. The van der Waals surface area contributed by atoms with Crippen LogP contribution in [-0.2, 0) is 0 Å². The van der Waals surface area contributed by atoms with E-state index in [2.05, 4.69) is 21.8 Å². The van der Waals surface area contributed by atoms with Gasteiger partial charge in [-0.3, -0.25) is 0 Å². The molecule has 0 spiro atoms. The van der Waals surface area contributed by atoms with Crippen LogP contribution >= 0.6 is 11.6 Å². The van der Waals surface area contributed by atoms with E-state index in [0.717, 1.165) is 24.8 Å². The van der Waals surface area contributed by atoms with E-state index >= 15 is 0 Å². The fraction of sp³-hybridized carbons (Fsp3) is 0.667. The Labute approximate surface area is 102 Å². The molecule has 0 bridgehead atoms. The molecule has 2 rings (SSSR count). The van der Waals surface area contributed by atoms with Crippen LogP contribution in [0.3, 0.4) is 0 Å². The van der Waals surface area contributed by atoms with Crippen molar-refractivity contribution in [3.05, 3.63) is 17.5 Å². The third-order valence-electron chi connectivity index (χ3n) is 3.25. The molecule has 1 aromatic heterocycles. The molecule has 0 saturated carbocycles. The second-order valence-electron chi connectivity index (χ2n) is 4.42. The minimum Gasteiger partial charge on any atom is -0.356 e. The molecule has 2 heterocycles. The molecule has 3 nitrogen and oxygen atoms in total. The monoisotopic (exact) mass is 239 g/mol. The molecule has 1 aromatic rings. The van der Waals surface area contributed by atoms with E-state index < -0.39 is 0 Å². The molecule has 1 aliphatic heterocycles. The molecule has 0 radical (unpaired) electrons. The number of nitrogens with zero attached hydrogens (tertiary/aromatic N) is 3. The van der Waals surface area contributed by atoms with Gasteiger partial charge in [-0.05, 0) is 18.8 Å². The average Bonchev–Trinajstić information content (AvgIpc) is 2.30. The molecule has 1 saturated heterocycles. The lowest BCUT2D eigenvalue weighted by atomic mass is 9.92. The Morgan fingerprint density at radius 1 is 1.38 bits per heavy atom. The van der Waals surface area contributed by atoms with Gasteiger partial charge in [-0.15, -0.1) is 0 Å². The number of rotatable bonds is 3. The summed E-state index contributed by atoms with van der Waals surface area (Å²) in [5.41, 5.74) is 0. The first-order valence-electron chi connectivity index (χ1n) is 6.02. The Bertz CT molecular complexity index is 335. The van der Waals surface area contributed by atoms with Gasteiger partial charge in [-0.1, -0.05) is 31.4 Å². The summed E-state index contributed by atoms with van der Waals surface area (Å²) in [5, 5.41) is 0.528. The molecular formula is C12H18ClN3. The van der Waals surface area contributed by atoms with Crippen molar-refractivity contribution < 1.29 is 0 Å². The minimum absolute atomic E-state index is 0.528. The Morgan fingerprint density at radius 2 is 2.12 bits per heavy atom. The summed E-state index contributed by atoms with van der Waals surface area (Å²) in [4.78, 5) is 10.5. The van der Waals surface area contributed by atoms with Crippen molar-refractivity contribution in [3.8, 4) is 0 Å². The maximum atomic E-state index is 5.86. The molecule has 0 amide bonds. The topological polar surface area (TPSA) is 29.0 Å². The number of hydrogen-bond donors (Lipinski definition) is 0. The van der Waals surface area contributed by atoms with Crippen molar-refractivity contribution in [2.45, 2.75) is 32.6 Å². The number of piperidine rings is 1. The quantitative estimate of drug-likeness (QED) is 0.759. The fourth-order valence-electron chi connectivity index (χ4n) is 2.36. The van der Waals surface area contributed by atoms with Gasteiger partial charge in [-0.2, -0.15) is 0 Å². The standard InChI is InChI=1S/C12H18ClN3/c1-2-3-10-4-6-16(7-5-10)12-8-11(13)14-9-15-12/h8-10H,2-7H2,1H3.